The maximum absolute atomic E-state index is 12.6. The van der Waals surface area contributed by atoms with E-state index in [1.165, 1.54) is 7.05 Å². The van der Waals surface area contributed by atoms with Gasteiger partial charge >= 0.3 is 12.0 Å². The van der Waals surface area contributed by atoms with Crippen LogP contribution in [0.1, 0.15) is 79.1 Å². The normalized spacial score (nSPS) is 44.4. The van der Waals surface area contributed by atoms with E-state index in [9.17, 15) is 60.7 Å². The summed E-state index contributed by atoms with van der Waals surface area (Å²) in [6, 6.07) is -2.93. The number of allylic oxidation sites excluding steroid dienone is 12. The SMILES string of the molecule is CNC(=O)N[C@H]1[C@@H]2C[C@@H](OC3OC(C)C(O)C(N)C3O)/C=C/C=C/C=C/C=C/C=C/C=C/C=C/[C@H](C)[C@@H](O)[C@@H](C)[C@H](C)OC(=O)C[C@H](O)C[C@H](O)CC[C@@H](O)[C@H](O)C[C@H](O)CC(O)(C[C@@H]1O)O2. The van der Waals surface area contributed by atoms with Crippen LogP contribution in [0.15, 0.2) is 85.1 Å². The predicted molar refractivity (Wildman–Crippen MR) is 247 cm³/mol. The molecule has 380 valence electrons. The average molecular weight is 952 g/mol. The highest BCUT2D eigenvalue weighted by molar-refractivity contribution is 5.74. The number of nitrogens with one attached hydrogen (secondary N) is 2. The van der Waals surface area contributed by atoms with Gasteiger partial charge in [0.2, 0.25) is 0 Å². The summed E-state index contributed by atoms with van der Waals surface area (Å²) < 4.78 is 23.6. The number of ether oxygens (including phenoxy) is 4. The molecular formula is C48H77N3O16. The lowest BCUT2D eigenvalue weighted by molar-refractivity contribution is -0.303. The molecule has 0 radical (unpaired) electrons. The van der Waals surface area contributed by atoms with E-state index < -0.39 is 147 Å². The Kier molecular flexibility index (Phi) is 24.8. The lowest BCUT2D eigenvalue weighted by atomic mass is 9.87. The molecule has 19 heteroatoms. The lowest BCUT2D eigenvalue weighted by Gasteiger charge is -2.46. The maximum atomic E-state index is 12.6. The minimum atomic E-state index is -2.23. The number of nitrogens with two attached hydrogens (primary N) is 1. The van der Waals surface area contributed by atoms with Gasteiger partial charge in [0.15, 0.2) is 12.1 Å². The summed E-state index contributed by atoms with van der Waals surface area (Å²) in [5, 5.41) is 114. The molecule has 3 aliphatic rings. The van der Waals surface area contributed by atoms with Crippen molar-refractivity contribution >= 4 is 12.0 Å². The molecule has 3 rings (SSSR count). The van der Waals surface area contributed by atoms with Gasteiger partial charge in [-0.2, -0.15) is 0 Å². The molecule has 19 nitrogen and oxygen atoms in total. The minimum absolute atomic E-state index is 0.0901. The zero-order valence-electron chi connectivity index (χ0n) is 39.1. The molecule has 2 bridgehead atoms. The number of aliphatic hydroxyl groups is 10. The van der Waals surface area contributed by atoms with Crippen LogP contribution in [-0.4, -0.2) is 174 Å². The van der Waals surface area contributed by atoms with E-state index in [2.05, 4.69) is 10.6 Å². The minimum Gasteiger partial charge on any atom is -0.462 e. The molecular weight excluding hydrogens is 875 g/mol. The Balaban J connectivity index is 1.89. The molecule has 0 aromatic carbocycles. The first-order chi connectivity index (χ1) is 31.6. The van der Waals surface area contributed by atoms with Gasteiger partial charge in [-0.05, 0) is 33.1 Å². The predicted octanol–water partition coefficient (Wildman–Crippen LogP) is 0.309. The Morgan fingerprint density at radius 3 is 1.87 bits per heavy atom. The van der Waals surface area contributed by atoms with Gasteiger partial charge in [-0.15, -0.1) is 0 Å². The third kappa shape index (κ3) is 19.7. The van der Waals surface area contributed by atoms with Crippen molar-refractivity contribution in [2.75, 3.05) is 7.05 Å². The maximum Gasteiger partial charge on any atom is 0.314 e. The fraction of sp³-hybridized carbons (Fsp3) is 0.667. The Morgan fingerprint density at radius 2 is 1.27 bits per heavy atom. The number of cyclic esters (lactones) is 1. The third-order valence-corrected chi connectivity index (χ3v) is 12.3. The highest BCUT2D eigenvalue weighted by Crippen LogP contribution is 2.35. The van der Waals surface area contributed by atoms with E-state index in [1.54, 1.807) is 69.4 Å². The van der Waals surface area contributed by atoms with Crippen molar-refractivity contribution < 1.29 is 79.6 Å². The van der Waals surface area contributed by atoms with Gasteiger partial charge in [0.25, 0.3) is 0 Å². The largest absolute Gasteiger partial charge is 0.462 e. The Morgan fingerprint density at radius 1 is 0.687 bits per heavy atom. The Bertz CT molecular complexity index is 1710. The van der Waals surface area contributed by atoms with Crippen LogP contribution in [0.2, 0.25) is 0 Å². The number of carbonyl (C=O) groups excluding carboxylic acids is 2. The highest BCUT2D eigenvalue weighted by atomic mass is 16.7. The second-order valence-corrected chi connectivity index (χ2v) is 18.0. The topological polar surface area (TPSA) is 323 Å². The van der Waals surface area contributed by atoms with Gasteiger partial charge in [0, 0.05) is 44.6 Å². The van der Waals surface area contributed by atoms with Gasteiger partial charge in [-0.1, -0.05) is 98.9 Å². The monoisotopic (exact) mass is 952 g/mol. The number of carbonyl (C=O) groups is 2. The van der Waals surface area contributed by atoms with Gasteiger partial charge in [0.05, 0.1) is 85.6 Å². The number of esters is 1. The smallest absolute Gasteiger partial charge is 0.314 e. The number of hydrogen-bond donors (Lipinski definition) is 13. The summed E-state index contributed by atoms with van der Waals surface area (Å²) in [6.45, 7) is 6.79. The second kappa shape index (κ2) is 28.8. The molecule has 0 aliphatic carbocycles. The fourth-order valence-electron chi connectivity index (χ4n) is 8.06. The van der Waals surface area contributed by atoms with E-state index in [0.717, 1.165) is 0 Å². The molecule has 67 heavy (non-hydrogen) atoms. The van der Waals surface area contributed by atoms with Crippen LogP contribution in [0.5, 0.6) is 0 Å². The first-order valence-corrected chi connectivity index (χ1v) is 23.1. The molecule has 2 saturated heterocycles. The van der Waals surface area contributed by atoms with E-state index in [-0.39, 0.29) is 31.6 Å². The summed E-state index contributed by atoms with van der Waals surface area (Å²) in [4.78, 5) is 25.2. The molecule has 0 aromatic rings. The van der Waals surface area contributed by atoms with Gasteiger partial charge in [-0.25, -0.2) is 4.79 Å². The molecule has 3 heterocycles. The number of rotatable bonds is 3. The van der Waals surface area contributed by atoms with Gasteiger partial charge < -0.3 is 86.4 Å². The fourth-order valence-corrected chi connectivity index (χ4v) is 8.06. The molecule has 2 fully saturated rings. The number of fused-ring (bicyclic) bond motifs is 2. The summed E-state index contributed by atoms with van der Waals surface area (Å²) in [5.41, 5.74) is 6.07. The van der Waals surface area contributed by atoms with Crippen LogP contribution in [-0.2, 0) is 23.7 Å². The van der Waals surface area contributed by atoms with Crippen LogP contribution in [0, 0.1) is 11.8 Å². The third-order valence-electron chi connectivity index (χ3n) is 12.3. The second-order valence-electron chi connectivity index (χ2n) is 18.0. The lowest BCUT2D eigenvalue weighted by Crippen LogP contribution is -2.63. The summed E-state index contributed by atoms with van der Waals surface area (Å²) in [5.74, 6) is -3.68. The number of urea groups is 1. The zero-order chi connectivity index (χ0) is 49.8. The summed E-state index contributed by atoms with van der Waals surface area (Å²) in [7, 11) is 1.37. The first kappa shape index (κ1) is 57.7. The van der Waals surface area contributed by atoms with Gasteiger partial charge in [-0.3, -0.25) is 4.79 Å². The Labute approximate surface area is 393 Å². The zero-order valence-corrected chi connectivity index (χ0v) is 39.1. The first-order valence-electron chi connectivity index (χ1n) is 23.1. The van der Waals surface area contributed by atoms with E-state index in [1.807, 2.05) is 43.4 Å². The van der Waals surface area contributed by atoms with Crippen LogP contribution in [0.4, 0.5) is 4.79 Å². The number of amides is 2. The highest BCUT2D eigenvalue weighted by Gasteiger charge is 2.49. The van der Waals surface area contributed by atoms with Crippen molar-refractivity contribution in [1.82, 2.24) is 10.6 Å². The van der Waals surface area contributed by atoms with Gasteiger partial charge in [0.1, 0.15) is 12.2 Å². The van der Waals surface area contributed by atoms with Crippen molar-refractivity contribution in [3.63, 3.8) is 0 Å². The van der Waals surface area contributed by atoms with Crippen molar-refractivity contribution in [2.45, 2.75) is 183 Å². The molecule has 2 amide bonds. The Hall–Kier alpha value is -3.64. The molecule has 19 atom stereocenters. The van der Waals surface area contributed by atoms with Crippen LogP contribution < -0.4 is 16.4 Å². The van der Waals surface area contributed by atoms with Crippen molar-refractivity contribution in [2.24, 2.45) is 17.6 Å². The van der Waals surface area contributed by atoms with Crippen LogP contribution in [0.3, 0.4) is 0 Å². The van der Waals surface area contributed by atoms with E-state index in [4.69, 9.17) is 24.7 Å². The van der Waals surface area contributed by atoms with Crippen molar-refractivity contribution in [3.8, 4) is 0 Å². The van der Waals surface area contributed by atoms with Crippen molar-refractivity contribution in [1.29, 1.82) is 0 Å². The average Bonchev–Trinajstić information content (AvgIpc) is 3.26. The molecule has 3 aliphatic heterocycles. The molecule has 0 spiro atoms. The molecule has 6 unspecified atom stereocenters. The number of hydrogen-bond acceptors (Lipinski definition) is 17. The van der Waals surface area contributed by atoms with Crippen LogP contribution in [0.25, 0.3) is 0 Å². The van der Waals surface area contributed by atoms with Crippen molar-refractivity contribution in [3.05, 3.63) is 85.1 Å². The molecule has 0 aromatic heterocycles. The van der Waals surface area contributed by atoms with E-state index >= 15 is 0 Å². The molecule has 0 saturated carbocycles. The molecule has 14 N–H and O–H groups in total. The summed E-state index contributed by atoms with van der Waals surface area (Å²) in [6.07, 6.45) is 5.17. The summed E-state index contributed by atoms with van der Waals surface area (Å²) >= 11 is 0. The number of aliphatic hydroxyl groups excluding tert-OH is 9. The van der Waals surface area contributed by atoms with E-state index in [0.29, 0.717) is 0 Å². The standard InChI is InChI=1S/C48H77N3O16/c1-28-18-16-14-12-10-8-6-7-9-11-13-15-17-19-35(66-46-45(61)41(49)44(60)31(4)65-46)25-39-42(51-47(62)50-5)38(57)27-48(63,67-39)26-34(54)23-37(56)36(55)21-20-32(52)22-33(53)24-40(58)64-30(3)29(2)43(28)59/h6-19,28-39,41-46,52-57,59-61,63H,20-27,49H2,1-5H3,(H2,50,51,62)/b7-6+,10-8+,11-9+,14-12+,15-13+,18-16+,19-17+/t28-,29-,30-,31?,32+,33+,34-,35-,36+,37+,38-,39-,41?,42+,43+,44?,45?,46?,48?/m0/s1. The quantitative estimate of drug-likeness (QED) is 0.169. The van der Waals surface area contributed by atoms with Crippen LogP contribution >= 0.6 is 0 Å².